The van der Waals surface area contributed by atoms with E-state index in [0.29, 0.717) is 12.4 Å². The predicted octanol–water partition coefficient (Wildman–Crippen LogP) is 1.81. The van der Waals surface area contributed by atoms with Gasteiger partial charge in [-0.15, -0.1) is 0 Å². The summed E-state index contributed by atoms with van der Waals surface area (Å²) in [4.78, 5) is 3.73. The van der Waals surface area contributed by atoms with Crippen molar-refractivity contribution in [2.75, 3.05) is 18.5 Å². The predicted molar refractivity (Wildman–Crippen MR) is 51.7 cm³/mol. The Bertz CT molecular complexity index is 300. The van der Waals surface area contributed by atoms with Crippen molar-refractivity contribution in [2.45, 2.75) is 18.9 Å². The molecule has 76 valence electrons. The van der Waals surface area contributed by atoms with Crippen LogP contribution in [0.25, 0.3) is 0 Å². The maximum absolute atomic E-state index is 12.7. The molecule has 1 aromatic rings. The summed E-state index contributed by atoms with van der Waals surface area (Å²) in [6.07, 6.45) is 2.10. The van der Waals surface area contributed by atoms with Crippen LogP contribution in [0.1, 0.15) is 12.8 Å². The minimum atomic E-state index is -0.452. The second kappa shape index (κ2) is 4.37. The van der Waals surface area contributed by atoms with Gasteiger partial charge in [-0.25, -0.2) is 4.98 Å². The smallest absolute Gasteiger partial charge is 0.214 e. The van der Waals surface area contributed by atoms with Gasteiger partial charge >= 0.3 is 0 Å². The Kier molecular flexibility index (Phi) is 2.93. The van der Waals surface area contributed by atoms with E-state index < -0.39 is 5.95 Å². The average molecular weight is 196 g/mol. The van der Waals surface area contributed by atoms with E-state index in [0.717, 1.165) is 19.4 Å². The Balaban J connectivity index is 1.95. The van der Waals surface area contributed by atoms with Gasteiger partial charge in [-0.2, -0.15) is 4.39 Å². The highest BCUT2D eigenvalue weighted by atomic mass is 19.1. The maximum atomic E-state index is 12.7. The fourth-order valence-corrected chi connectivity index (χ4v) is 1.55. The standard InChI is InChI=1S/C10H13FN2O/c11-9-4-1-5-10(13-9)12-8-3-2-6-14-7-8/h1,4-5,8H,2-3,6-7H2,(H,12,13). The van der Waals surface area contributed by atoms with E-state index in [1.807, 2.05) is 0 Å². The molecule has 1 aromatic heterocycles. The maximum Gasteiger partial charge on any atom is 0.214 e. The van der Waals surface area contributed by atoms with Crippen LogP contribution in [-0.4, -0.2) is 24.2 Å². The first-order valence-electron chi connectivity index (χ1n) is 4.81. The molecule has 0 aromatic carbocycles. The molecule has 0 amide bonds. The van der Waals surface area contributed by atoms with E-state index in [4.69, 9.17) is 4.74 Å². The lowest BCUT2D eigenvalue weighted by molar-refractivity contribution is 0.0875. The van der Waals surface area contributed by atoms with Crippen LogP contribution in [0.4, 0.5) is 10.2 Å². The summed E-state index contributed by atoms with van der Waals surface area (Å²) in [5.41, 5.74) is 0. The number of nitrogens with one attached hydrogen (secondary N) is 1. The molecule has 1 aliphatic rings. The van der Waals surface area contributed by atoms with Crippen molar-refractivity contribution in [2.24, 2.45) is 0 Å². The summed E-state index contributed by atoms with van der Waals surface area (Å²) in [5.74, 6) is 0.132. The Labute approximate surface area is 82.3 Å². The Morgan fingerprint density at radius 3 is 3.14 bits per heavy atom. The average Bonchev–Trinajstić information content (AvgIpc) is 2.19. The van der Waals surface area contributed by atoms with E-state index >= 15 is 0 Å². The minimum Gasteiger partial charge on any atom is -0.379 e. The molecule has 0 saturated carbocycles. The monoisotopic (exact) mass is 196 g/mol. The highest BCUT2D eigenvalue weighted by Gasteiger charge is 2.13. The number of ether oxygens (including phenoxy) is 1. The topological polar surface area (TPSA) is 34.1 Å². The van der Waals surface area contributed by atoms with E-state index in [1.54, 1.807) is 12.1 Å². The van der Waals surface area contributed by atoms with Crippen molar-refractivity contribution in [3.05, 3.63) is 24.1 Å². The molecular weight excluding hydrogens is 183 g/mol. The lowest BCUT2D eigenvalue weighted by Crippen LogP contribution is -2.30. The van der Waals surface area contributed by atoms with Crippen molar-refractivity contribution >= 4 is 5.82 Å². The number of nitrogens with zero attached hydrogens (tertiary/aromatic N) is 1. The van der Waals surface area contributed by atoms with Crippen LogP contribution in [0.5, 0.6) is 0 Å². The molecule has 4 heteroatoms. The highest BCUT2D eigenvalue weighted by Crippen LogP contribution is 2.12. The van der Waals surface area contributed by atoms with Gasteiger partial charge in [0.1, 0.15) is 5.82 Å². The van der Waals surface area contributed by atoms with Crippen molar-refractivity contribution in [3.63, 3.8) is 0 Å². The lowest BCUT2D eigenvalue weighted by Gasteiger charge is -2.23. The fraction of sp³-hybridized carbons (Fsp3) is 0.500. The Hall–Kier alpha value is -1.16. The summed E-state index contributed by atoms with van der Waals surface area (Å²) in [7, 11) is 0. The molecular formula is C10H13FN2O. The molecule has 3 nitrogen and oxygen atoms in total. The summed E-state index contributed by atoms with van der Waals surface area (Å²) in [5, 5.41) is 3.15. The minimum absolute atomic E-state index is 0.262. The Morgan fingerprint density at radius 2 is 2.43 bits per heavy atom. The quantitative estimate of drug-likeness (QED) is 0.732. The second-order valence-electron chi connectivity index (χ2n) is 3.40. The molecule has 1 unspecified atom stereocenters. The number of pyridine rings is 1. The van der Waals surface area contributed by atoms with Crippen LogP contribution in [0.3, 0.4) is 0 Å². The second-order valence-corrected chi connectivity index (χ2v) is 3.40. The summed E-state index contributed by atoms with van der Waals surface area (Å²) < 4.78 is 18.0. The third kappa shape index (κ3) is 2.42. The fourth-order valence-electron chi connectivity index (χ4n) is 1.55. The van der Waals surface area contributed by atoms with E-state index in [9.17, 15) is 4.39 Å². The van der Waals surface area contributed by atoms with Gasteiger partial charge in [0.25, 0.3) is 0 Å². The molecule has 1 saturated heterocycles. The van der Waals surface area contributed by atoms with Gasteiger partial charge in [0, 0.05) is 6.61 Å². The van der Waals surface area contributed by atoms with Crippen LogP contribution >= 0.6 is 0 Å². The number of hydrogen-bond acceptors (Lipinski definition) is 3. The van der Waals surface area contributed by atoms with Crippen molar-refractivity contribution < 1.29 is 9.13 Å². The highest BCUT2D eigenvalue weighted by molar-refractivity contribution is 5.34. The van der Waals surface area contributed by atoms with E-state index in [-0.39, 0.29) is 6.04 Å². The number of hydrogen-bond donors (Lipinski definition) is 1. The third-order valence-corrected chi connectivity index (χ3v) is 2.23. The summed E-state index contributed by atoms with van der Waals surface area (Å²) in [6, 6.07) is 5.01. The largest absolute Gasteiger partial charge is 0.379 e. The lowest BCUT2D eigenvalue weighted by atomic mass is 10.1. The summed E-state index contributed by atoms with van der Waals surface area (Å²) >= 11 is 0. The van der Waals surface area contributed by atoms with Gasteiger partial charge in [-0.1, -0.05) is 6.07 Å². The van der Waals surface area contributed by atoms with E-state index in [2.05, 4.69) is 10.3 Å². The van der Waals surface area contributed by atoms with Crippen LogP contribution in [0.15, 0.2) is 18.2 Å². The molecule has 0 aliphatic carbocycles. The zero-order valence-corrected chi connectivity index (χ0v) is 7.87. The van der Waals surface area contributed by atoms with Crippen molar-refractivity contribution in [1.82, 2.24) is 4.98 Å². The molecule has 1 fully saturated rings. The number of aromatic nitrogens is 1. The van der Waals surface area contributed by atoms with Crippen molar-refractivity contribution in [1.29, 1.82) is 0 Å². The van der Waals surface area contributed by atoms with Gasteiger partial charge < -0.3 is 10.1 Å². The molecule has 0 bridgehead atoms. The van der Waals surface area contributed by atoms with Gasteiger partial charge in [0.15, 0.2) is 0 Å². The number of halogens is 1. The molecule has 0 radical (unpaired) electrons. The van der Waals surface area contributed by atoms with Gasteiger partial charge in [0.05, 0.1) is 12.6 Å². The summed E-state index contributed by atoms with van der Waals surface area (Å²) in [6.45, 7) is 1.51. The molecule has 2 heterocycles. The molecule has 0 spiro atoms. The molecule has 1 aliphatic heterocycles. The Morgan fingerprint density at radius 1 is 1.50 bits per heavy atom. The first-order chi connectivity index (χ1) is 6.84. The van der Waals surface area contributed by atoms with Crippen LogP contribution in [0, 0.1) is 5.95 Å². The van der Waals surface area contributed by atoms with Gasteiger partial charge in [0.2, 0.25) is 5.95 Å². The number of rotatable bonds is 2. The van der Waals surface area contributed by atoms with Crippen LogP contribution in [-0.2, 0) is 4.74 Å². The number of anilines is 1. The first-order valence-corrected chi connectivity index (χ1v) is 4.81. The normalized spacial score (nSPS) is 21.9. The molecule has 1 N–H and O–H groups in total. The van der Waals surface area contributed by atoms with Crippen LogP contribution < -0.4 is 5.32 Å². The zero-order chi connectivity index (χ0) is 9.80. The van der Waals surface area contributed by atoms with Gasteiger partial charge in [-0.05, 0) is 25.0 Å². The molecule has 14 heavy (non-hydrogen) atoms. The van der Waals surface area contributed by atoms with Crippen LogP contribution in [0.2, 0.25) is 0 Å². The molecule has 1 atom stereocenters. The first kappa shape index (κ1) is 9.40. The zero-order valence-electron chi connectivity index (χ0n) is 7.87. The van der Waals surface area contributed by atoms with E-state index in [1.165, 1.54) is 6.07 Å². The van der Waals surface area contributed by atoms with Gasteiger partial charge in [-0.3, -0.25) is 0 Å². The third-order valence-electron chi connectivity index (χ3n) is 2.23. The SMILES string of the molecule is Fc1cccc(NC2CCCOC2)n1. The van der Waals surface area contributed by atoms with Crippen molar-refractivity contribution in [3.8, 4) is 0 Å². The molecule has 2 rings (SSSR count).